The van der Waals surface area contributed by atoms with Crippen LogP contribution in [-0.2, 0) is 15.8 Å². The van der Waals surface area contributed by atoms with Crippen molar-refractivity contribution in [3.8, 4) is 5.69 Å². The summed E-state index contributed by atoms with van der Waals surface area (Å²) in [6.07, 6.45) is -0.860. The molecule has 0 radical (unpaired) electrons. The fraction of sp³-hybridized carbons (Fsp3) is 0.412. The van der Waals surface area contributed by atoms with Crippen molar-refractivity contribution in [2.24, 2.45) is 5.92 Å². The summed E-state index contributed by atoms with van der Waals surface area (Å²) in [5.74, 6) is -2.01. The lowest BCUT2D eigenvalue weighted by molar-refractivity contribution is -0.144. The van der Waals surface area contributed by atoms with Crippen LogP contribution in [0, 0.1) is 5.92 Å². The van der Waals surface area contributed by atoms with Crippen molar-refractivity contribution in [1.82, 2.24) is 19.7 Å². The minimum absolute atomic E-state index is 0. The van der Waals surface area contributed by atoms with Crippen LogP contribution >= 0.6 is 12.4 Å². The Kier molecular flexibility index (Phi) is 7.20. The van der Waals surface area contributed by atoms with Crippen LogP contribution in [0.3, 0.4) is 0 Å². The Labute approximate surface area is 170 Å². The van der Waals surface area contributed by atoms with E-state index in [0.717, 1.165) is 12.1 Å². The molecule has 0 saturated carbocycles. The van der Waals surface area contributed by atoms with Gasteiger partial charge in [-0.3, -0.25) is 14.5 Å². The summed E-state index contributed by atoms with van der Waals surface area (Å²) in [6.45, 7) is 0.661. The average Bonchev–Trinajstić information content (AvgIpc) is 3.15. The van der Waals surface area contributed by atoms with Crippen molar-refractivity contribution < 1.29 is 27.9 Å². The number of anilines is 1. The van der Waals surface area contributed by atoms with Gasteiger partial charge in [0.2, 0.25) is 5.91 Å². The van der Waals surface area contributed by atoms with E-state index in [1.54, 1.807) is 4.90 Å². The molecule has 2 N–H and O–H groups in total. The Morgan fingerprint density at radius 2 is 2.07 bits per heavy atom. The molecule has 1 fully saturated rings. The van der Waals surface area contributed by atoms with E-state index in [1.165, 1.54) is 23.4 Å². The number of nitrogens with zero attached hydrogens (tertiary/aromatic N) is 4. The van der Waals surface area contributed by atoms with Gasteiger partial charge in [0.25, 0.3) is 0 Å². The van der Waals surface area contributed by atoms with Crippen LogP contribution in [0.2, 0.25) is 0 Å². The van der Waals surface area contributed by atoms with E-state index in [1.807, 2.05) is 0 Å². The number of halogens is 4. The van der Waals surface area contributed by atoms with Gasteiger partial charge < -0.3 is 10.4 Å². The number of likely N-dealkylation sites (tertiary alicyclic amines) is 1. The lowest BCUT2D eigenvalue weighted by atomic mass is 9.98. The third kappa shape index (κ3) is 5.67. The van der Waals surface area contributed by atoms with E-state index in [2.05, 4.69) is 15.4 Å². The first-order valence-electron chi connectivity index (χ1n) is 8.55. The number of alkyl halides is 3. The zero-order valence-electron chi connectivity index (χ0n) is 15.1. The zero-order valence-corrected chi connectivity index (χ0v) is 15.9. The predicted octanol–water partition coefficient (Wildman–Crippen LogP) is 2.44. The summed E-state index contributed by atoms with van der Waals surface area (Å²) in [7, 11) is 0. The Balaban J connectivity index is 0.00000300. The van der Waals surface area contributed by atoms with Crippen LogP contribution in [0.5, 0.6) is 0 Å². The second kappa shape index (κ2) is 9.23. The second-order valence-corrected chi connectivity index (χ2v) is 6.53. The van der Waals surface area contributed by atoms with Gasteiger partial charge in [-0.1, -0.05) is 0 Å². The second-order valence-electron chi connectivity index (χ2n) is 6.53. The summed E-state index contributed by atoms with van der Waals surface area (Å²) in [5, 5.41) is 15.5. The van der Waals surface area contributed by atoms with Gasteiger partial charge in [0.1, 0.15) is 12.7 Å². The number of carboxylic acid groups (broad SMARTS) is 1. The SMILES string of the molecule is Cl.O=C(CN1CCCC(C(=O)O)C1)Nc1cc(C(F)(F)F)ccc1-n1cncn1. The fourth-order valence-corrected chi connectivity index (χ4v) is 3.14. The molecule has 1 saturated heterocycles. The number of hydrogen-bond donors (Lipinski definition) is 2. The van der Waals surface area contributed by atoms with Gasteiger partial charge in [0, 0.05) is 6.54 Å². The number of rotatable bonds is 5. The number of piperidine rings is 1. The average molecular weight is 434 g/mol. The highest BCUT2D eigenvalue weighted by Crippen LogP contribution is 2.33. The molecule has 8 nitrogen and oxygen atoms in total. The Morgan fingerprint density at radius 1 is 1.31 bits per heavy atom. The number of nitrogens with one attached hydrogen (secondary N) is 1. The largest absolute Gasteiger partial charge is 0.481 e. The number of carbonyl (C=O) groups is 2. The first-order valence-corrected chi connectivity index (χ1v) is 8.55. The van der Waals surface area contributed by atoms with Gasteiger partial charge in [0.05, 0.1) is 29.4 Å². The molecule has 1 aromatic carbocycles. The summed E-state index contributed by atoms with van der Waals surface area (Å²) < 4.78 is 40.4. The summed E-state index contributed by atoms with van der Waals surface area (Å²) in [5.41, 5.74) is -0.728. The Hall–Kier alpha value is -2.66. The molecular formula is C17H19ClF3N5O3. The summed E-state index contributed by atoms with van der Waals surface area (Å²) in [4.78, 5) is 29.0. The number of amides is 1. The topological polar surface area (TPSA) is 100 Å². The molecule has 2 heterocycles. The first kappa shape index (κ1) is 22.6. The van der Waals surface area contributed by atoms with E-state index in [9.17, 15) is 22.8 Å². The molecule has 1 aliphatic heterocycles. The van der Waals surface area contributed by atoms with Gasteiger partial charge in [0.15, 0.2) is 0 Å². The van der Waals surface area contributed by atoms with E-state index in [4.69, 9.17) is 5.11 Å². The van der Waals surface area contributed by atoms with Crippen LogP contribution in [0.1, 0.15) is 18.4 Å². The molecule has 3 rings (SSSR count). The molecule has 29 heavy (non-hydrogen) atoms. The maximum atomic E-state index is 13.1. The molecule has 1 amide bonds. The van der Waals surface area contributed by atoms with Gasteiger partial charge in [-0.15, -0.1) is 12.4 Å². The van der Waals surface area contributed by atoms with Crippen LogP contribution in [0.15, 0.2) is 30.9 Å². The summed E-state index contributed by atoms with van der Waals surface area (Å²) in [6, 6.07) is 2.94. The minimum atomic E-state index is -4.57. The predicted molar refractivity (Wildman–Crippen MR) is 99.0 cm³/mol. The van der Waals surface area contributed by atoms with Crippen LogP contribution in [0.25, 0.3) is 5.69 Å². The molecule has 1 aliphatic rings. The van der Waals surface area contributed by atoms with Gasteiger partial charge in [-0.2, -0.15) is 18.3 Å². The number of carboxylic acids is 1. The minimum Gasteiger partial charge on any atom is -0.481 e. The van der Waals surface area contributed by atoms with Crippen molar-refractivity contribution in [3.63, 3.8) is 0 Å². The molecule has 0 spiro atoms. The third-order valence-electron chi connectivity index (χ3n) is 4.49. The van der Waals surface area contributed by atoms with E-state index in [-0.39, 0.29) is 36.9 Å². The van der Waals surface area contributed by atoms with E-state index >= 15 is 0 Å². The molecule has 2 aromatic rings. The van der Waals surface area contributed by atoms with Gasteiger partial charge >= 0.3 is 12.1 Å². The molecule has 158 valence electrons. The number of hydrogen-bond acceptors (Lipinski definition) is 5. The number of carbonyl (C=O) groups excluding carboxylic acids is 1. The lowest BCUT2D eigenvalue weighted by Crippen LogP contribution is -2.42. The maximum Gasteiger partial charge on any atom is 0.416 e. The normalized spacial score (nSPS) is 17.4. The number of aliphatic carboxylic acids is 1. The van der Waals surface area contributed by atoms with Crippen LogP contribution < -0.4 is 5.32 Å². The van der Waals surface area contributed by atoms with E-state index in [0.29, 0.717) is 19.4 Å². The molecular weight excluding hydrogens is 415 g/mol. The molecule has 1 atom stereocenters. The Morgan fingerprint density at radius 3 is 2.69 bits per heavy atom. The number of benzene rings is 1. The lowest BCUT2D eigenvalue weighted by Gasteiger charge is -2.30. The molecule has 1 unspecified atom stereocenters. The van der Waals surface area contributed by atoms with Crippen molar-refractivity contribution in [2.75, 3.05) is 25.0 Å². The quantitative estimate of drug-likeness (QED) is 0.751. The molecule has 0 aliphatic carbocycles. The zero-order chi connectivity index (χ0) is 20.3. The highest BCUT2D eigenvalue weighted by atomic mass is 35.5. The van der Waals surface area contributed by atoms with Crippen molar-refractivity contribution >= 4 is 30.0 Å². The molecule has 1 aromatic heterocycles. The van der Waals surface area contributed by atoms with Crippen molar-refractivity contribution in [2.45, 2.75) is 19.0 Å². The van der Waals surface area contributed by atoms with Gasteiger partial charge in [-0.25, -0.2) is 9.67 Å². The molecule has 0 bridgehead atoms. The highest BCUT2D eigenvalue weighted by molar-refractivity contribution is 5.94. The van der Waals surface area contributed by atoms with Gasteiger partial charge in [-0.05, 0) is 37.6 Å². The van der Waals surface area contributed by atoms with Crippen molar-refractivity contribution in [3.05, 3.63) is 36.4 Å². The van der Waals surface area contributed by atoms with Crippen LogP contribution in [-0.4, -0.2) is 56.3 Å². The van der Waals surface area contributed by atoms with Crippen molar-refractivity contribution in [1.29, 1.82) is 0 Å². The smallest absolute Gasteiger partial charge is 0.416 e. The van der Waals surface area contributed by atoms with Crippen LogP contribution in [0.4, 0.5) is 18.9 Å². The standard InChI is InChI=1S/C17H18F3N5O3.ClH/c18-17(19,20)12-3-4-14(25-10-21-9-22-25)13(6-12)23-15(26)8-24-5-1-2-11(7-24)16(27)28;/h3-4,6,9-11H,1-2,5,7-8H2,(H,23,26)(H,27,28);1H. The third-order valence-corrected chi connectivity index (χ3v) is 4.49. The maximum absolute atomic E-state index is 13.1. The monoisotopic (exact) mass is 433 g/mol. The Bertz CT molecular complexity index is 860. The van der Waals surface area contributed by atoms with E-state index < -0.39 is 29.5 Å². The number of aromatic nitrogens is 3. The first-order chi connectivity index (χ1) is 13.2. The fourth-order valence-electron chi connectivity index (χ4n) is 3.14. The highest BCUT2D eigenvalue weighted by Gasteiger charge is 2.32. The summed E-state index contributed by atoms with van der Waals surface area (Å²) >= 11 is 0. The molecule has 12 heteroatoms.